The van der Waals surface area contributed by atoms with Crippen molar-refractivity contribution in [3.63, 3.8) is 0 Å². The zero-order chi connectivity index (χ0) is 15.8. The van der Waals surface area contributed by atoms with Gasteiger partial charge in [0.25, 0.3) is 0 Å². The Bertz CT molecular complexity index is 494. The maximum Gasteiger partial charge on any atom is 0.223 e. The smallest absolute Gasteiger partial charge is 0.223 e. The van der Waals surface area contributed by atoms with Gasteiger partial charge < -0.3 is 19.7 Å². The Labute approximate surface area is 148 Å². The number of rotatable bonds is 6. The molecule has 23 heavy (non-hydrogen) atoms. The molecule has 2 rings (SSSR count). The molecule has 130 valence electrons. The number of carbonyl (C=O) groups is 1. The van der Waals surface area contributed by atoms with E-state index in [-0.39, 0.29) is 18.3 Å². The van der Waals surface area contributed by atoms with E-state index in [9.17, 15) is 4.79 Å². The highest BCUT2D eigenvalue weighted by Gasteiger charge is 2.15. The van der Waals surface area contributed by atoms with Crippen molar-refractivity contribution in [2.24, 2.45) is 0 Å². The van der Waals surface area contributed by atoms with Crippen molar-refractivity contribution in [2.45, 2.75) is 17.7 Å². The number of hydrogen-bond donors (Lipinski definition) is 1. The number of nitrogens with zero attached hydrogens (tertiary/aromatic N) is 1. The van der Waals surface area contributed by atoms with E-state index < -0.39 is 0 Å². The fourth-order valence-electron chi connectivity index (χ4n) is 2.42. The third kappa shape index (κ3) is 6.12. The van der Waals surface area contributed by atoms with Crippen LogP contribution in [0.2, 0.25) is 0 Å². The molecule has 0 bridgehead atoms. The van der Waals surface area contributed by atoms with Crippen molar-refractivity contribution < 1.29 is 14.3 Å². The Kier molecular flexibility index (Phi) is 9.21. The first-order chi connectivity index (χ1) is 10.7. The molecule has 0 aromatic heterocycles. The van der Waals surface area contributed by atoms with Crippen LogP contribution in [0.15, 0.2) is 23.1 Å². The molecule has 1 N–H and O–H groups in total. The summed E-state index contributed by atoms with van der Waals surface area (Å²) in [5.41, 5.74) is 0. The number of benzene rings is 1. The van der Waals surface area contributed by atoms with Crippen molar-refractivity contribution in [2.75, 3.05) is 46.2 Å². The molecule has 0 saturated carbocycles. The molecule has 1 aromatic rings. The van der Waals surface area contributed by atoms with Gasteiger partial charge in [0.1, 0.15) is 0 Å². The van der Waals surface area contributed by atoms with Crippen LogP contribution in [0.1, 0.15) is 12.8 Å². The summed E-state index contributed by atoms with van der Waals surface area (Å²) in [4.78, 5) is 15.3. The van der Waals surface area contributed by atoms with E-state index in [4.69, 9.17) is 9.47 Å². The van der Waals surface area contributed by atoms with Crippen molar-refractivity contribution in [3.8, 4) is 11.5 Å². The second-order valence-electron chi connectivity index (χ2n) is 5.10. The van der Waals surface area contributed by atoms with Crippen LogP contribution in [0.4, 0.5) is 0 Å². The van der Waals surface area contributed by atoms with E-state index in [1.807, 2.05) is 23.1 Å². The van der Waals surface area contributed by atoms with E-state index in [0.29, 0.717) is 6.42 Å². The number of thioether (sulfide) groups is 1. The first kappa shape index (κ1) is 19.9. The summed E-state index contributed by atoms with van der Waals surface area (Å²) in [6.45, 7) is 3.59. The van der Waals surface area contributed by atoms with Crippen LogP contribution >= 0.6 is 24.2 Å². The van der Waals surface area contributed by atoms with Gasteiger partial charge in [0.15, 0.2) is 11.5 Å². The summed E-state index contributed by atoms with van der Waals surface area (Å²) in [6.07, 6.45) is 1.60. The molecule has 1 aliphatic heterocycles. The highest BCUT2D eigenvalue weighted by Crippen LogP contribution is 2.32. The minimum absolute atomic E-state index is 0. The zero-order valence-corrected chi connectivity index (χ0v) is 15.3. The normalized spacial score (nSPS) is 14.6. The maximum absolute atomic E-state index is 12.2. The molecule has 1 aromatic carbocycles. The van der Waals surface area contributed by atoms with Crippen LogP contribution < -0.4 is 14.8 Å². The van der Waals surface area contributed by atoms with Crippen molar-refractivity contribution in [1.29, 1.82) is 0 Å². The van der Waals surface area contributed by atoms with Gasteiger partial charge in [0.2, 0.25) is 5.91 Å². The van der Waals surface area contributed by atoms with Gasteiger partial charge in [-0.15, -0.1) is 24.2 Å². The van der Waals surface area contributed by atoms with Crippen molar-refractivity contribution in [1.82, 2.24) is 10.2 Å². The van der Waals surface area contributed by atoms with Crippen LogP contribution in [0.25, 0.3) is 0 Å². The monoisotopic (exact) mass is 360 g/mol. The fraction of sp³-hybridized carbons (Fsp3) is 0.562. The van der Waals surface area contributed by atoms with Crippen LogP contribution in [-0.2, 0) is 4.79 Å². The third-order valence-electron chi connectivity index (χ3n) is 3.63. The van der Waals surface area contributed by atoms with Gasteiger partial charge in [0, 0.05) is 36.7 Å². The standard InChI is InChI=1S/C16H24N2O3S.ClH/c1-20-14-5-4-13(12-15(14)21-2)22-11-6-16(19)18-9-3-7-17-8-10-18;/h4-5,12,17H,3,6-11H2,1-2H3;1H. The minimum Gasteiger partial charge on any atom is -0.493 e. The SMILES string of the molecule is COc1ccc(SCCC(=O)N2CCCNCC2)cc1OC.Cl. The molecule has 1 amide bonds. The van der Waals surface area contributed by atoms with Gasteiger partial charge in [-0.2, -0.15) is 0 Å². The highest BCUT2D eigenvalue weighted by atomic mass is 35.5. The number of carbonyl (C=O) groups excluding carboxylic acids is 1. The lowest BCUT2D eigenvalue weighted by Gasteiger charge is -2.19. The molecule has 0 atom stereocenters. The fourth-order valence-corrected chi connectivity index (χ4v) is 3.28. The Morgan fingerprint density at radius 3 is 2.74 bits per heavy atom. The average Bonchev–Trinajstić information content (AvgIpc) is 2.83. The molecular weight excluding hydrogens is 336 g/mol. The lowest BCUT2D eigenvalue weighted by atomic mass is 10.3. The predicted molar refractivity (Wildman–Crippen MR) is 96.2 cm³/mol. The van der Waals surface area contributed by atoms with Gasteiger partial charge >= 0.3 is 0 Å². The van der Waals surface area contributed by atoms with E-state index in [1.54, 1.807) is 26.0 Å². The first-order valence-corrected chi connectivity index (χ1v) is 8.56. The number of methoxy groups -OCH3 is 2. The summed E-state index contributed by atoms with van der Waals surface area (Å²) >= 11 is 1.67. The Morgan fingerprint density at radius 1 is 1.22 bits per heavy atom. The minimum atomic E-state index is 0. The summed E-state index contributed by atoms with van der Waals surface area (Å²) in [5.74, 6) is 2.47. The summed E-state index contributed by atoms with van der Waals surface area (Å²) in [7, 11) is 3.25. The van der Waals surface area contributed by atoms with Gasteiger partial charge in [-0.05, 0) is 31.2 Å². The molecule has 0 aliphatic carbocycles. The van der Waals surface area contributed by atoms with Gasteiger partial charge in [0.05, 0.1) is 14.2 Å². The van der Waals surface area contributed by atoms with Gasteiger partial charge in [-0.3, -0.25) is 4.79 Å². The largest absolute Gasteiger partial charge is 0.493 e. The zero-order valence-electron chi connectivity index (χ0n) is 13.7. The summed E-state index contributed by atoms with van der Waals surface area (Å²) < 4.78 is 10.5. The topological polar surface area (TPSA) is 50.8 Å². The number of nitrogens with one attached hydrogen (secondary N) is 1. The Balaban J connectivity index is 0.00000264. The average molecular weight is 361 g/mol. The van der Waals surface area contributed by atoms with E-state index >= 15 is 0 Å². The van der Waals surface area contributed by atoms with Crippen LogP contribution in [0.3, 0.4) is 0 Å². The number of halogens is 1. The molecule has 0 unspecified atom stereocenters. The predicted octanol–water partition coefficient (Wildman–Crippen LogP) is 2.43. The summed E-state index contributed by atoms with van der Waals surface area (Å²) in [5, 5.41) is 3.31. The van der Waals surface area contributed by atoms with Crippen molar-refractivity contribution in [3.05, 3.63) is 18.2 Å². The van der Waals surface area contributed by atoms with Gasteiger partial charge in [-0.25, -0.2) is 0 Å². The van der Waals surface area contributed by atoms with Crippen LogP contribution in [-0.4, -0.2) is 57.0 Å². The molecule has 5 nitrogen and oxygen atoms in total. The molecule has 0 radical (unpaired) electrons. The lowest BCUT2D eigenvalue weighted by Crippen LogP contribution is -2.34. The molecular formula is C16H25ClN2O3S. The quantitative estimate of drug-likeness (QED) is 0.789. The Morgan fingerprint density at radius 2 is 2.00 bits per heavy atom. The first-order valence-electron chi connectivity index (χ1n) is 7.58. The molecule has 1 heterocycles. The van der Waals surface area contributed by atoms with Crippen LogP contribution in [0.5, 0.6) is 11.5 Å². The second-order valence-corrected chi connectivity index (χ2v) is 6.27. The van der Waals surface area contributed by atoms with E-state index in [0.717, 1.165) is 54.7 Å². The van der Waals surface area contributed by atoms with Gasteiger partial charge in [-0.1, -0.05) is 0 Å². The number of hydrogen-bond acceptors (Lipinski definition) is 5. The second kappa shape index (κ2) is 10.6. The molecule has 1 saturated heterocycles. The molecule has 7 heteroatoms. The lowest BCUT2D eigenvalue weighted by molar-refractivity contribution is -0.130. The maximum atomic E-state index is 12.2. The van der Waals surface area contributed by atoms with Crippen molar-refractivity contribution >= 4 is 30.1 Å². The third-order valence-corrected chi connectivity index (χ3v) is 4.63. The number of ether oxygens (including phenoxy) is 2. The highest BCUT2D eigenvalue weighted by molar-refractivity contribution is 7.99. The summed E-state index contributed by atoms with van der Waals surface area (Å²) in [6, 6.07) is 5.83. The Hall–Kier alpha value is -1.11. The van der Waals surface area contributed by atoms with E-state index in [1.165, 1.54) is 0 Å². The van der Waals surface area contributed by atoms with Crippen LogP contribution in [0, 0.1) is 0 Å². The number of amides is 1. The molecule has 1 fully saturated rings. The molecule has 1 aliphatic rings. The van der Waals surface area contributed by atoms with E-state index in [2.05, 4.69) is 5.32 Å². The molecule has 0 spiro atoms.